The van der Waals surface area contributed by atoms with Gasteiger partial charge in [-0.05, 0) is 55.7 Å². The van der Waals surface area contributed by atoms with E-state index >= 15 is 0 Å². The first-order valence-corrected chi connectivity index (χ1v) is 9.89. The predicted molar refractivity (Wildman–Crippen MR) is 117 cm³/mol. The first-order valence-electron chi connectivity index (χ1n) is 9.89. The molecule has 2 heterocycles. The van der Waals surface area contributed by atoms with E-state index in [-0.39, 0.29) is 11.5 Å². The van der Waals surface area contributed by atoms with Crippen LogP contribution in [0.2, 0.25) is 0 Å². The molecule has 0 spiro atoms. The fourth-order valence-corrected chi connectivity index (χ4v) is 3.46. The molecule has 0 aliphatic rings. The molecule has 0 radical (unpaired) electrons. The summed E-state index contributed by atoms with van der Waals surface area (Å²) in [6.45, 7) is 1.79. The minimum Gasteiger partial charge on any atom is -0.326 e. The molecule has 1 atom stereocenters. The van der Waals surface area contributed by atoms with Crippen LogP contribution in [0.5, 0.6) is 0 Å². The van der Waals surface area contributed by atoms with Gasteiger partial charge in [-0.25, -0.2) is 5.10 Å². The van der Waals surface area contributed by atoms with E-state index in [2.05, 4.69) is 20.5 Å². The number of pyridine rings is 1. The van der Waals surface area contributed by atoms with Crippen molar-refractivity contribution in [2.24, 2.45) is 0 Å². The number of amides is 1. The van der Waals surface area contributed by atoms with Crippen LogP contribution in [0.25, 0.3) is 10.8 Å². The number of H-pyrrole nitrogens is 1. The lowest BCUT2D eigenvalue weighted by Gasteiger charge is -2.14. The smallest absolute Gasteiger partial charge is 0.272 e. The Labute approximate surface area is 174 Å². The van der Waals surface area contributed by atoms with Crippen LogP contribution in [0.1, 0.15) is 29.8 Å². The van der Waals surface area contributed by atoms with Crippen molar-refractivity contribution in [1.82, 2.24) is 15.2 Å². The second-order valence-corrected chi connectivity index (χ2v) is 7.22. The topological polar surface area (TPSA) is 87.7 Å². The Morgan fingerprint density at radius 1 is 1.00 bits per heavy atom. The number of aryl methyl sites for hydroxylation is 2. The molecule has 1 unspecified atom stereocenters. The molecule has 6 nitrogen and oxygen atoms in total. The maximum absolute atomic E-state index is 12.9. The average Bonchev–Trinajstić information content (AvgIpc) is 2.79. The number of benzene rings is 2. The number of hydrogen-bond donors (Lipinski definition) is 2. The maximum Gasteiger partial charge on any atom is 0.272 e. The van der Waals surface area contributed by atoms with Crippen LogP contribution in [0.15, 0.2) is 77.7 Å². The highest BCUT2D eigenvalue weighted by Crippen LogP contribution is 2.23. The standard InChI is InChI=1S/C24H22N4O2/c1-16(22-20-10-2-3-11-21(20)24(30)28-27-22)23(29)26-19-9-6-7-17(15-19)12-13-18-8-4-5-14-25-18/h2-11,14-16H,12-13H2,1H3,(H,26,29)(H,28,30). The molecule has 0 bridgehead atoms. The number of rotatable bonds is 6. The summed E-state index contributed by atoms with van der Waals surface area (Å²) >= 11 is 0. The van der Waals surface area contributed by atoms with Crippen LogP contribution in [-0.2, 0) is 17.6 Å². The minimum atomic E-state index is -0.524. The number of nitrogens with one attached hydrogen (secondary N) is 2. The van der Waals surface area contributed by atoms with Gasteiger partial charge in [-0.1, -0.05) is 36.4 Å². The zero-order valence-corrected chi connectivity index (χ0v) is 16.6. The van der Waals surface area contributed by atoms with Crippen LogP contribution >= 0.6 is 0 Å². The van der Waals surface area contributed by atoms with Gasteiger partial charge in [-0.15, -0.1) is 0 Å². The van der Waals surface area contributed by atoms with Gasteiger partial charge in [0.05, 0.1) is 17.0 Å². The third-order valence-electron chi connectivity index (χ3n) is 5.12. The molecule has 0 aliphatic carbocycles. The van der Waals surface area contributed by atoms with Crippen LogP contribution in [-0.4, -0.2) is 21.1 Å². The van der Waals surface area contributed by atoms with Crippen molar-refractivity contribution >= 4 is 22.4 Å². The zero-order chi connectivity index (χ0) is 20.9. The number of aromatic amines is 1. The number of carbonyl (C=O) groups is 1. The quantitative estimate of drug-likeness (QED) is 0.516. The third-order valence-corrected chi connectivity index (χ3v) is 5.12. The summed E-state index contributed by atoms with van der Waals surface area (Å²) in [6, 6.07) is 20.9. The van der Waals surface area contributed by atoms with Crippen LogP contribution < -0.4 is 10.9 Å². The number of fused-ring (bicyclic) bond motifs is 1. The lowest BCUT2D eigenvalue weighted by Crippen LogP contribution is -2.22. The summed E-state index contributed by atoms with van der Waals surface area (Å²) in [5.41, 5.74) is 3.19. The van der Waals surface area contributed by atoms with Crippen molar-refractivity contribution in [3.05, 3.63) is 100 Å². The Hall–Kier alpha value is -3.80. The minimum absolute atomic E-state index is 0.179. The van der Waals surface area contributed by atoms with E-state index in [1.54, 1.807) is 25.3 Å². The molecule has 2 aromatic heterocycles. The monoisotopic (exact) mass is 398 g/mol. The van der Waals surface area contributed by atoms with Gasteiger partial charge in [0, 0.05) is 23.0 Å². The lowest BCUT2D eigenvalue weighted by molar-refractivity contribution is -0.117. The number of carbonyl (C=O) groups excluding carboxylic acids is 1. The highest BCUT2D eigenvalue weighted by Gasteiger charge is 2.20. The third kappa shape index (κ3) is 4.27. The molecule has 30 heavy (non-hydrogen) atoms. The Morgan fingerprint density at radius 3 is 2.60 bits per heavy atom. The Kier molecular flexibility index (Phi) is 5.66. The van der Waals surface area contributed by atoms with Crippen LogP contribution in [0.4, 0.5) is 5.69 Å². The van der Waals surface area contributed by atoms with E-state index in [1.165, 1.54) is 0 Å². The zero-order valence-electron chi connectivity index (χ0n) is 16.6. The molecule has 2 N–H and O–H groups in total. The Balaban J connectivity index is 1.49. The molecule has 150 valence electrons. The average molecular weight is 398 g/mol. The van der Waals surface area contributed by atoms with Gasteiger partial charge in [0.1, 0.15) is 0 Å². The summed E-state index contributed by atoms with van der Waals surface area (Å²) in [7, 11) is 0. The van der Waals surface area contributed by atoms with Crippen molar-refractivity contribution in [1.29, 1.82) is 0 Å². The van der Waals surface area contributed by atoms with Crippen molar-refractivity contribution < 1.29 is 4.79 Å². The van der Waals surface area contributed by atoms with Gasteiger partial charge in [0.2, 0.25) is 5.91 Å². The molecular formula is C24H22N4O2. The fourth-order valence-electron chi connectivity index (χ4n) is 3.46. The fraction of sp³-hybridized carbons (Fsp3) is 0.167. The molecule has 0 aliphatic heterocycles. The van der Waals surface area contributed by atoms with Crippen molar-refractivity contribution in [2.45, 2.75) is 25.7 Å². The second kappa shape index (κ2) is 8.69. The van der Waals surface area contributed by atoms with Gasteiger partial charge in [0.25, 0.3) is 5.56 Å². The molecule has 0 saturated carbocycles. The molecule has 0 fully saturated rings. The van der Waals surface area contributed by atoms with E-state index < -0.39 is 5.92 Å². The normalized spacial score (nSPS) is 11.9. The van der Waals surface area contributed by atoms with Crippen molar-refractivity contribution in [2.75, 3.05) is 5.32 Å². The molecule has 0 saturated heterocycles. The number of nitrogens with zero attached hydrogens (tertiary/aromatic N) is 2. The number of hydrogen-bond acceptors (Lipinski definition) is 4. The van der Waals surface area contributed by atoms with E-state index in [0.29, 0.717) is 16.5 Å². The molecule has 4 aromatic rings. The summed E-state index contributed by atoms with van der Waals surface area (Å²) < 4.78 is 0. The molecule has 6 heteroatoms. The molecule has 4 rings (SSSR count). The van der Waals surface area contributed by atoms with Gasteiger partial charge in [-0.3, -0.25) is 14.6 Å². The highest BCUT2D eigenvalue weighted by atomic mass is 16.2. The number of aromatic nitrogens is 3. The SMILES string of the molecule is CC(C(=O)Nc1cccc(CCc2ccccn2)c1)c1n[nH]c(=O)c2ccccc12. The summed E-state index contributed by atoms with van der Waals surface area (Å²) in [5.74, 6) is -0.703. The summed E-state index contributed by atoms with van der Waals surface area (Å²) in [5, 5.41) is 10.8. The first-order chi connectivity index (χ1) is 14.6. The van der Waals surface area contributed by atoms with E-state index in [1.807, 2.05) is 54.6 Å². The summed E-state index contributed by atoms with van der Waals surface area (Å²) in [6.07, 6.45) is 3.46. The first kappa shape index (κ1) is 19.5. The van der Waals surface area contributed by atoms with E-state index in [4.69, 9.17) is 0 Å². The molecule has 1 amide bonds. The van der Waals surface area contributed by atoms with E-state index in [0.717, 1.165) is 29.8 Å². The van der Waals surface area contributed by atoms with Crippen molar-refractivity contribution in [3.8, 4) is 0 Å². The molecular weight excluding hydrogens is 376 g/mol. The maximum atomic E-state index is 12.9. The van der Waals surface area contributed by atoms with Gasteiger partial charge in [-0.2, -0.15) is 5.10 Å². The van der Waals surface area contributed by atoms with Gasteiger partial charge in [0.15, 0.2) is 0 Å². The van der Waals surface area contributed by atoms with E-state index in [9.17, 15) is 9.59 Å². The lowest BCUT2D eigenvalue weighted by atomic mass is 10.0. The van der Waals surface area contributed by atoms with Gasteiger partial charge < -0.3 is 5.32 Å². The molecule has 2 aromatic carbocycles. The van der Waals surface area contributed by atoms with Gasteiger partial charge >= 0.3 is 0 Å². The Bertz CT molecular complexity index is 1230. The van der Waals surface area contributed by atoms with Crippen LogP contribution in [0, 0.1) is 0 Å². The predicted octanol–water partition coefficient (Wildman–Crippen LogP) is 3.85. The largest absolute Gasteiger partial charge is 0.326 e. The second-order valence-electron chi connectivity index (χ2n) is 7.22. The highest BCUT2D eigenvalue weighted by molar-refractivity contribution is 5.98. The van der Waals surface area contributed by atoms with Crippen LogP contribution in [0.3, 0.4) is 0 Å². The number of anilines is 1. The Morgan fingerprint density at radius 2 is 1.80 bits per heavy atom. The summed E-state index contributed by atoms with van der Waals surface area (Å²) in [4.78, 5) is 29.2. The van der Waals surface area contributed by atoms with Crippen molar-refractivity contribution in [3.63, 3.8) is 0 Å².